The van der Waals surface area contributed by atoms with E-state index in [2.05, 4.69) is 15.6 Å². The second-order valence-electron chi connectivity index (χ2n) is 5.75. The summed E-state index contributed by atoms with van der Waals surface area (Å²) in [5.74, 6) is 0.615. The maximum absolute atomic E-state index is 12.4. The van der Waals surface area contributed by atoms with Crippen LogP contribution in [0, 0.1) is 10.1 Å². The highest BCUT2D eigenvalue weighted by atomic mass is 16.6. The van der Waals surface area contributed by atoms with Crippen molar-refractivity contribution in [3.05, 3.63) is 63.8 Å². The fourth-order valence-corrected chi connectivity index (χ4v) is 2.61. The highest BCUT2D eigenvalue weighted by molar-refractivity contribution is 5.94. The molecule has 1 amide bonds. The highest BCUT2D eigenvalue weighted by Crippen LogP contribution is 2.14. The average molecular weight is 341 g/mol. The first kappa shape index (κ1) is 16.8. The van der Waals surface area contributed by atoms with Gasteiger partial charge in [-0.1, -0.05) is 12.1 Å². The summed E-state index contributed by atoms with van der Waals surface area (Å²) in [6, 6.07) is 10.4. The smallest absolute Gasteiger partial charge is 0.287 e. The van der Waals surface area contributed by atoms with Crippen molar-refractivity contribution in [2.24, 2.45) is 0 Å². The molecule has 3 rings (SSSR count). The van der Waals surface area contributed by atoms with Crippen LogP contribution in [0.4, 0.5) is 11.5 Å². The molecule has 25 heavy (non-hydrogen) atoms. The standard InChI is InChI=1S/C17H19N5O3/c23-17(21-9-7-18-8-10-21)14-3-1-13(2-4-14)11-19-16-6-5-15(12-20-16)22(24)25/h1-6,12,18H,7-11H2,(H,19,20). The predicted molar refractivity (Wildman–Crippen MR) is 93.4 cm³/mol. The van der Waals surface area contributed by atoms with E-state index < -0.39 is 4.92 Å². The van der Waals surface area contributed by atoms with E-state index in [1.165, 1.54) is 12.3 Å². The molecule has 0 spiro atoms. The number of aromatic nitrogens is 1. The van der Waals surface area contributed by atoms with Gasteiger partial charge in [-0.15, -0.1) is 0 Å². The largest absolute Gasteiger partial charge is 0.366 e. The molecule has 0 bridgehead atoms. The van der Waals surface area contributed by atoms with Crippen LogP contribution in [0.2, 0.25) is 0 Å². The van der Waals surface area contributed by atoms with Crippen molar-refractivity contribution in [2.75, 3.05) is 31.5 Å². The summed E-state index contributed by atoms with van der Waals surface area (Å²) in [5, 5.41) is 16.9. The zero-order chi connectivity index (χ0) is 17.6. The van der Waals surface area contributed by atoms with Crippen LogP contribution >= 0.6 is 0 Å². The van der Waals surface area contributed by atoms with Crippen molar-refractivity contribution in [1.82, 2.24) is 15.2 Å². The van der Waals surface area contributed by atoms with Gasteiger partial charge in [-0.3, -0.25) is 14.9 Å². The van der Waals surface area contributed by atoms with E-state index in [4.69, 9.17) is 0 Å². The summed E-state index contributed by atoms with van der Waals surface area (Å²) < 4.78 is 0. The van der Waals surface area contributed by atoms with E-state index in [0.717, 1.165) is 31.7 Å². The summed E-state index contributed by atoms with van der Waals surface area (Å²) in [5.41, 5.74) is 1.64. The van der Waals surface area contributed by atoms with Crippen LogP contribution in [0.1, 0.15) is 15.9 Å². The molecular formula is C17H19N5O3. The van der Waals surface area contributed by atoms with E-state index in [1.807, 2.05) is 29.2 Å². The molecule has 1 aliphatic heterocycles. The molecule has 1 aromatic carbocycles. The van der Waals surface area contributed by atoms with E-state index in [0.29, 0.717) is 17.9 Å². The van der Waals surface area contributed by atoms with Gasteiger partial charge in [0.25, 0.3) is 11.6 Å². The van der Waals surface area contributed by atoms with Gasteiger partial charge in [-0.25, -0.2) is 4.98 Å². The molecule has 1 aliphatic rings. The van der Waals surface area contributed by atoms with Gasteiger partial charge in [-0.05, 0) is 23.8 Å². The van der Waals surface area contributed by atoms with Crippen LogP contribution < -0.4 is 10.6 Å². The Bertz CT molecular complexity index is 740. The summed E-state index contributed by atoms with van der Waals surface area (Å²) >= 11 is 0. The number of benzene rings is 1. The normalized spacial score (nSPS) is 14.2. The lowest BCUT2D eigenvalue weighted by Crippen LogP contribution is -2.46. The number of nitro groups is 1. The Balaban J connectivity index is 1.57. The van der Waals surface area contributed by atoms with E-state index >= 15 is 0 Å². The van der Waals surface area contributed by atoms with Crippen molar-refractivity contribution in [3.8, 4) is 0 Å². The number of rotatable bonds is 5. The molecule has 1 fully saturated rings. The van der Waals surface area contributed by atoms with Gasteiger partial charge in [0, 0.05) is 44.4 Å². The Labute approximate surface area is 145 Å². The topological polar surface area (TPSA) is 100 Å². The maximum atomic E-state index is 12.4. The van der Waals surface area contributed by atoms with E-state index in [-0.39, 0.29) is 11.6 Å². The maximum Gasteiger partial charge on any atom is 0.287 e. The van der Waals surface area contributed by atoms with Gasteiger partial charge in [0.2, 0.25) is 0 Å². The number of anilines is 1. The molecule has 1 saturated heterocycles. The molecule has 130 valence electrons. The average Bonchev–Trinajstić information content (AvgIpc) is 2.67. The van der Waals surface area contributed by atoms with Crippen molar-refractivity contribution in [1.29, 1.82) is 0 Å². The molecule has 2 N–H and O–H groups in total. The lowest BCUT2D eigenvalue weighted by Gasteiger charge is -2.27. The van der Waals surface area contributed by atoms with Crippen LogP contribution in [0.3, 0.4) is 0 Å². The first-order chi connectivity index (χ1) is 12.1. The first-order valence-corrected chi connectivity index (χ1v) is 8.07. The molecule has 0 aliphatic carbocycles. The second kappa shape index (κ2) is 7.71. The zero-order valence-corrected chi connectivity index (χ0v) is 13.6. The Morgan fingerprint density at radius 1 is 1.20 bits per heavy atom. The molecule has 2 aromatic rings. The number of pyridine rings is 1. The molecule has 0 radical (unpaired) electrons. The minimum absolute atomic E-state index is 0.0404. The lowest BCUT2D eigenvalue weighted by molar-refractivity contribution is -0.385. The van der Waals surface area contributed by atoms with Crippen LogP contribution in [0.15, 0.2) is 42.6 Å². The van der Waals surface area contributed by atoms with Crippen molar-refractivity contribution < 1.29 is 9.72 Å². The highest BCUT2D eigenvalue weighted by Gasteiger charge is 2.17. The Morgan fingerprint density at radius 2 is 1.92 bits per heavy atom. The number of nitrogens with one attached hydrogen (secondary N) is 2. The second-order valence-corrected chi connectivity index (χ2v) is 5.75. The quantitative estimate of drug-likeness (QED) is 0.633. The number of piperazine rings is 1. The first-order valence-electron chi connectivity index (χ1n) is 8.07. The summed E-state index contributed by atoms with van der Waals surface area (Å²) in [4.78, 5) is 28.4. The number of amides is 1. The van der Waals surface area contributed by atoms with E-state index in [9.17, 15) is 14.9 Å². The third kappa shape index (κ3) is 4.30. The fourth-order valence-electron chi connectivity index (χ4n) is 2.61. The van der Waals surface area contributed by atoms with Crippen molar-refractivity contribution >= 4 is 17.4 Å². The third-order valence-corrected chi connectivity index (χ3v) is 4.04. The number of hydrogen-bond acceptors (Lipinski definition) is 6. The Morgan fingerprint density at radius 3 is 2.52 bits per heavy atom. The SMILES string of the molecule is O=C(c1ccc(CNc2ccc([N+](=O)[O-])cn2)cc1)N1CCNCC1. The summed E-state index contributed by atoms with van der Waals surface area (Å²) in [6.45, 7) is 3.64. The molecule has 8 heteroatoms. The zero-order valence-electron chi connectivity index (χ0n) is 13.6. The monoisotopic (exact) mass is 341 g/mol. The van der Waals surface area contributed by atoms with Crippen molar-refractivity contribution in [3.63, 3.8) is 0 Å². The van der Waals surface area contributed by atoms with Crippen LogP contribution in [-0.4, -0.2) is 46.9 Å². The van der Waals surface area contributed by atoms with Crippen LogP contribution in [0.25, 0.3) is 0 Å². The molecule has 0 atom stereocenters. The number of hydrogen-bond donors (Lipinski definition) is 2. The van der Waals surface area contributed by atoms with E-state index in [1.54, 1.807) is 6.07 Å². The molecule has 0 unspecified atom stereocenters. The molecule has 2 heterocycles. The third-order valence-electron chi connectivity index (χ3n) is 4.04. The van der Waals surface area contributed by atoms with Gasteiger partial charge in [0.15, 0.2) is 0 Å². The number of carbonyl (C=O) groups is 1. The van der Waals surface area contributed by atoms with Crippen molar-refractivity contribution in [2.45, 2.75) is 6.54 Å². The van der Waals surface area contributed by atoms with Gasteiger partial charge in [-0.2, -0.15) is 0 Å². The van der Waals surface area contributed by atoms with Gasteiger partial charge >= 0.3 is 0 Å². The Hall–Kier alpha value is -3.00. The van der Waals surface area contributed by atoms with Gasteiger partial charge in [0.05, 0.1) is 4.92 Å². The van der Waals surface area contributed by atoms with Crippen LogP contribution in [-0.2, 0) is 6.54 Å². The lowest BCUT2D eigenvalue weighted by atomic mass is 10.1. The summed E-state index contributed by atoms with van der Waals surface area (Å²) in [7, 11) is 0. The summed E-state index contributed by atoms with van der Waals surface area (Å²) in [6.07, 6.45) is 1.22. The predicted octanol–water partition coefficient (Wildman–Crippen LogP) is 1.65. The van der Waals surface area contributed by atoms with Crippen LogP contribution in [0.5, 0.6) is 0 Å². The molecular weight excluding hydrogens is 322 g/mol. The molecule has 1 aromatic heterocycles. The number of carbonyl (C=O) groups excluding carboxylic acids is 1. The van der Waals surface area contributed by atoms with Gasteiger partial charge in [0.1, 0.15) is 12.0 Å². The fraction of sp³-hybridized carbons (Fsp3) is 0.294. The van der Waals surface area contributed by atoms with Gasteiger partial charge < -0.3 is 15.5 Å². The number of nitrogens with zero attached hydrogens (tertiary/aromatic N) is 3. The Kier molecular flexibility index (Phi) is 5.20. The minimum Gasteiger partial charge on any atom is -0.366 e. The minimum atomic E-state index is -0.481. The molecule has 8 nitrogen and oxygen atoms in total. The molecule has 0 saturated carbocycles.